The van der Waals surface area contributed by atoms with Gasteiger partial charge >= 0.3 is 0 Å². The lowest BCUT2D eigenvalue weighted by atomic mass is 10.0. The van der Waals surface area contributed by atoms with Crippen LogP contribution in [0.2, 0.25) is 0 Å². The maximum absolute atomic E-state index is 10.1. The summed E-state index contributed by atoms with van der Waals surface area (Å²) in [4.78, 5) is 0. The van der Waals surface area contributed by atoms with Crippen molar-refractivity contribution >= 4 is 43.2 Å². The summed E-state index contributed by atoms with van der Waals surface area (Å²) in [6.45, 7) is -0.930. The number of hydrogen-bond donors (Lipinski definition) is 8. The summed E-state index contributed by atoms with van der Waals surface area (Å²) in [7, 11) is 5.25. The highest BCUT2D eigenvalue weighted by Gasteiger charge is 2.44. The highest BCUT2D eigenvalue weighted by Crippen LogP contribution is 2.39. The number of ether oxygens (including phenoxy) is 2. The maximum Gasteiger partial charge on any atom is 0.142 e. The summed E-state index contributed by atoms with van der Waals surface area (Å²) < 4.78 is 11.0. The van der Waals surface area contributed by atoms with Gasteiger partial charge in [-0.15, -0.1) is 0 Å². The number of aliphatic hydroxyl groups is 8. The van der Waals surface area contributed by atoms with Crippen molar-refractivity contribution in [2.75, 3.05) is 13.2 Å². The maximum atomic E-state index is 10.1. The largest absolute Gasteiger partial charge is 0.394 e. The molecule has 2 heterocycles. The predicted molar refractivity (Wildman–Crippen MR) is 132 cm³/mol. The normalized spacial score (nSPS) is 38.7. The zero-order valence-electron chi connectivity index (χ0n) is 17.9. The minimum Gasteiger partial charge on any atom is -0.394 e. The predicted octanol–water partition coefficient (Wildman–Crippen LogP) is -0.951. The SMILES string of the molecule is OC[C@H]1O[C@@H](SSCc2cccc(CSS[C@@H]3O[C@H](CO)[C@H](O)[C@H](O)[C@H]3O)c2)[C@H](O)[C@@H](O)[C@H]1O. The molecule has 194 valence electrons. The first-order chi connectivity index (χ1) is 16.3. The van der Waals surface area contributed by atoms with Crippen LogP contribution in [0.5, 0.6) is 0 Å². The molecule has 10 atom stereocenters. The van der Waals surface area contributed by atoms with Crippen molar-refractivity contribution in [3.05, 3.63) is 35.4 Å². The first-order valence-electron chi connectivity index (χ1n) is 10.5. The van der Waals surface area contributed by atoms with Gasteiger partial charge in [-0.1, -0.05) is 67.4 Å². The number of aliphatic hydroxyl groups excluding tert-OH is 8. The fraction of sp³-hybridized carbons (Fsp3) is 0.700. The van der Waals surface area contributed by atoms with E-state index in [0.717, 1.165) is 11.1 Å². The Hall–Kier alpha value is 0.220. The van der Waals surface area contributed by atoms with Crippen molar-refractivity contribution < 1.29 is 50.3 Å². The molecule has 14 heteroatoms. The van der Waals surface area contributed by atoms with E-state index in [1.165, 1.54) is 43.2 Å². The van der Waals surface area contributed by atoms with Gasteiger partial charge in [0.15, 0.2) is 0 Å². The van der Waals surface area contributed by atoms with Crippen LogP contribution in [0.15, 0.2) is 24.3 Å². The molecule has 1 aromatic rings. The van der Waals surface area contributed by atoms with E-state index in [0.29, 0.717) is 11.5 Å². The van der Waals surface area contributed by atoms with Crippen molar-refractivity contribution in [1.29, 1.82) is 0 Å². The highest BCUT2D eigenvalue weighted by atomic mass is 33.1. The van der Waals surface area contributed by atoms with Gasteiger partial charge in [0.25, 0.3) is 0 Å². The molecule has 8 N–H and O–H groups in total. The van der Waals surface area contributed by atoms with Gasteiger partial charge in [0.1, 0.15) is 59.7 Å². The Bertz CT molecular complexity index is 703. The second kappa shape index (κ2) is 13.7. The van der Waals surface area contributed by atoms with E-state index in [4.69, 9.17) is 9.47 Å². The number of rotatable bonds is 10. The quantitative estimate of drug-likeness (QED) is 0.165. The molecule has 1 aromatic carbocycles. The van der Waals surface area contributed by atoms with Crippen LogP contribution in [0.3, 0.4) is 0 Å². The van der Waals surface area contributed by atoms with Crippen molar-refractivity contribution in [3.8, 4) is 0 Å². The molecule has 2 saturated heterocycles. The molecule has 34 heavy (non-hydrogen) atoms. The van der Waals surface area contributed by atoms with Crippen molar-refractivity contribution in [1.82, 2.24) is 0 Å². The Morgan fingerprint density at radius 2 is 1.03 bits per heavy atom. The molecule has 0 bridgehead atoms. The van der Waals surface area contributed by atoms with Crippen molar-refractivity contribution in [2.45, 2.75) is 71.2 Å². The second-order valence-electron chi connectivity index (χ2n) is 7.93. The van der Waals surface area contributed by atoms with E-state index in [9.17, 15) is 40.9 Å². The van der Waals surface area contributed by atoms with Crippen LogP contribution in [-0.2, 0) is 21.0 Å². The Morgan fingerprint density at radius 1 is 0.618 bits per heavy atom. The second-order valence-corrected chi connectivity index (χ2v) is 12.9. The van der Waals surface area contributed by atoms with Crippen LogP contribution >= 0.6 is 43.2 Å². The van der Waals surface area contributed by atoms with E-state index in [-0.39, 0.29) is 0 Å². The molecule has 0 amide bonds. The Morgan fingerprint density at radius 3 is 1.41 bits per heavy atom. The molecule has 2 aliphatic heterocycles. The molecule has 0 aliphatic carbocycles. The average molecular weight is 559 g/mol. The molecule has 3 rings (SSSR count). The van der Waals surface area contributed by atoms with E-state index in [1.54, 1.807) is 0 Å². The summed E-state index contributed by atoms with van der Waals surface area (Å²) in [5, 5.41) is 78.3. The fourth-order valence-corrected chi connectivity index (χ4v) is 8.39. The molecule has 0 unspecified atom stereocenters. The standard InChI is InChI=1S/C20H30O10S4/c21-5-11-13(23)15(25)17(27)19(29-11)33-31-7-9-2-1-3-10(4-9)8-32-34-20-18(28)16(26)14(24)12(6-22)30-20/h1-4,11-28H,5-8H2/t11-,12-,13+,14+,15+,16+,17-,18-,19+,20+/m1/s1. The van der Waals surface area contributed by atoms with Crippen LogP contribution in [0.1, 0.15) is 11.1 Å². The van der Waals surface area contributed by atoms with E-state index in [2.05, 4.69) is 0 Å². The molecule has 2 fully saturated rings. The summed E-state index contributed by atoms with van der Waals surface area (Å²) in [5.41, 5.74) is 0.430. The summed E-state index contributed by atoms with van der Waals surface area (Å²) in [6.07, 6.45) is -9.98. The monoisotopic (exact) mass is 558 g/mol. The Kier molecular flexibility index (Phi) is 11.6. The van der Waals surface area contributed by atoms with Crippen LogP contribution in [0.4, 0.5) is 0 Å². The molecule has 0 saturated carbocycles. The summed E-state index contributed by atoms with van der Waals surface area (Å²) in [5.74, 6) is 1.16. The van der Waals surface area contributed by atoms with Crippen molar-refractivity contribution in [2.24, 2.45) is 0 Å². The first kappa shape index (κ1) is 28.8. The van der Waals surface area contributed by atoms with Gasteiger partial charge in [-0.3, -0.25) is 0 Å². The molecule has 0 radical (unpaired) electrons. The van der Waals surface area contributed by atoms with Gasteiger partial charge in [0, 0.05) is 11.5 Å². The minimum absolute atomic E-state index is 0.465. The lowest BCUT2D eigenvalue weighted by Gasteiger charge is -2.39. The van der Waals surface area contributed by atoms with Gasteiger partial charge in [0.2, 0.25) is 0 Å². The van der Waals surface area contributed by atoms with Gasteiger partial charge < -0.3 is 50.3 Å². The third kappa shape index (κ3) is 7.16. The molecule has 0 spiro atoms. The zero-order valence-corrected chi connectivity index (χ0v) is 21.2. The average Bonchev–Trinajstić information content (AvgIpc) is 2.84. The molecular weight excluding hydrogens is 528 g/mol. The van der Waals surface area contributed by atoms with Gasteiger partial charge in [-0.05, 0) is 11.1 Å². The van der Waals surface area contributed by atoms with Crippen LogP contribution in [0, 0.1) is 0 Å². The number of benzene rings is 1. The minimum atomic E-state index is -1.40. The number of hydrogen-bond acceptors (Lipinski definition) is 14. The van der Waals surface area contributed by atoms with E-state index in [1.807, 2.05) is 24.3 Å². The Labute approximate surface area is 212 Å². The third-order valence-corrected chi connectivity index (χ3v) is 10.5. The lowest BCUT2D eigenvalue weighted by molar-refractivity contribution is -0.205. The smallest absolute Gasteiger partial charge is 0.142 e. The zero-order chi connectivity index (χ0) is 24.8. The van der Waals surface area contributed by atoms with Crippen LogP contribution < -0.4 is 0 Å². The summed E-state index contributed by atoms with van der Waals surface area (Å²) in [6, 6.07) is 7.80. The molecular formula is C20H30O10S4. The van der Waals surface area contributed by atoms with E-state index >= 15 is 0 Å². The Balaban J connectivity index is 1.45. The molecule has 2 aliphatic rings. The topological polar surface area (TPSA) is 180 Å². The molecule has 10 nitrogen and oxygen atoms in total. The first-order valence-corrected chi connectivity index (χ1v) is 15.3. The fourth-order valence-electron chi connectivity index (χ4n) is 3.44. The van der Waals surface area contributed by atoms with Crippen molar-refractivity contribution in [3.63, 3.8) is 0 Å². The highest BCUT2D eigenvalue weighted by molar-refractivity contribution is 8.76. The summed E-state index contributed by atoms with van der Waals surface area (Å²) >= 11 is 0. The van der Waals surface area contributed by atoms with Gasteiger partial charge in [0.05, 0.1) is 13.2 Å². The lowest BCUT2D eigenvalue weighted by Crippen LogP contribution is -2.57. The van der Waals surface area contributed by atoms with E-state index < -0.39 is 72.9 Å². The third-order valence-electron chi connectivity index (χ3n) is 5.47. The van der Waals surface area contributed by atoms with Gasteiger partial charge in [-0.25, -0.2) is 0 Å². The van der Waals surface area contributed by atoms with Gasteiger partial charge in [-0.2, -0.15) is 0 Å². The van der Waals surface area contributed by atoms with Crippen LogP contribution in [0.25, 0.3) is 0 Å². The molecule has 0 aromatic heterocycles. The van der Waals surface area contributed by atoms with Crippen LogP contribution in [-0.4, -0.2) is 114 Å².